The molecule has 0 saturated carbocycles. The van der Waals surface area contributed by atoms with Gasteiger partial charge in [0.25, 0.3) is 0 Å². The van der Waals surface area contributed by atoms with Crippen LogP contribution in [0.3, 0.4) is 0 Å². The van der Waals surface area contributed by atoms with E-state index in [9.17, 15) is 0 Å². The number of benzene rings is 7. The molecule has 3 aliphatic rings. The van der Waals surface area contributed by atoms with E-state index in [-0.39, 0.29) is 6.71 Å². The smallest absolute Gasteiger partial charge is 0.247 e. The van der Waals surface area contributed by atoms with Crippen molar-refractivity contribution in [2.24, 2.45) is 0 Å². The Hall–Kier alpha value is -4.68. The van der Waals surface area contributed by atoms with E-state index in [0.29, 0.717) is 0 Å². The Balaban J connectivity index is 1.21. The predicted molar refractivity (Wildman–Crippen MR) is 204 cm³/mol. The maximum Gasteiger partial charge on any atom is 0.247 e. The topological polar surface area (TPSA) is 3.24 Å². The first-order valence-corrected chi connectivity index (χ1v) is 19.8. The number of nitrogens with zero attached hydrogens (tertiary/aromatic N) is 1. The Bertz CT molecular complexity index is 2250. The molecule has 0 amide bonds. The molecule has 5 heteroatoms. The molecule has 220 valence electrons. The highest BCUT2D eigenvalue weighted by atomic mass is 32.2. The van der Waals surface area contributed by atoms with Crippen molar-refractivity contribution in [2.45, 2.75) is 19.6 Å². The Morgan fingerprint density at radius 1 is 0.426 bits per heavy atom. The van der Waals surface area contributed by atoms with Crippen LogP contribution in [0, 0.1) is 0 Å². The van der Waals surface area contributed by atoms with E-state index in [1.54, 1.807) is 0 Å². The monoisotopic (exact) mass is 649 g/mol. The fraction of sp³-hybridized carbons (Fsp3) is 0. The SMILES string of the molecule is c1ccc([Si]2(c3ccccc3)c3ccccc3N(c3ccc4c(c3)Sc3cccc5c3B4c3ccccc3S5)c3ccccc32)cc1. The van der Waals surface area contributed by atoms with Crippen LogP contribution < -0.4 is 42.0 Å². The lowest BCUT2D eigenvalue weighted by atomic mass is 9.36. The second kappa shape index (κ2) is 10.7. The van der Waals surface area contributed by atoms with Crippen molar-refractivity contribution in [3.8, 4) is 0 Å². The zero-order chi connectivity index (χ0) is 31.0. The number of anilines is 3. The summed E-state index contributed by atoms with van der Waals surface area (Å²) in [5.41, 5.74) is 8.04. The first-order chi connectivity index (χ1) is 23.3. The number of fused-ring (bicyclic) bond motifs is 6. The van der Waals surface area contributed by atoms with Gasteiger partial charge in [0.1, 0.15) is 0 Å². The number of rotatable bonds is 3. The summed E-state index contributed by atoms with van der Waals surface area (Å²) in [5.74, 6) is 0. The summed E-state index contributed by atoms with van der Waals surface area (Å²) in [5, 5.41) is 5.67. The van der Waals surface area contributed by atoms with E-state index in [1.165, 1.54) is 73.8 Å². The Morgan fingerprint density at radius 2 is 0.936 bits per heavy atom. The van der Waals surface area contributed by atoms with Crippen molar-refractivity contribution in [3.05, 3.63) is 170 Å². The van der Waals surface area contributed by atoms with Crippen molar-refractivity contribution >= 4 is 92.5 Å². The lowest BCUT2D eigenvalue weighted by Gasteiger charge is -2.45. The molecule has 7 aromatic carbocycles. The molecule has 0 atom stereocenters. The van der Waals surface area contributed by atoms with Gasteiger partial charge in [-0.1, -0.05) is 162 Å². The minimum absolute atomic E-state index is 0.251. The molecule has 10 rings (SSSR count). The third-order valence-corrected chi connectivity index (χ3v) is 17.2. The molecule has 1 nitrogen and oxygen atoms in total. The summed E-state index contributed by atoms with van der Waals surface area (Å²) >= 11 is 3.84. The molecule has 0 aromatic heterocycles. The zero-order valence-corrected chi connectivity index (χ0v) is 28.1. The molecule has 0 saturated heterocycles. The molecular weight excluding hydrogens is 622 g/mol. The van der Waals surface area contributed by atoms with Gasteiger partial charge >= 0.3 is 0 Å². The minimum atomic E-state index is -2.63. The third-order valence-electron chi connectivity index (χ3n) is 10.1. The number of para-hydroxylation sites is 2. The van der Waals surface area contributed by atoms with E-state index in [2.05, 4.69) is 175 Å². The Labute approximate surface area is 285 Å². The van der Waals surface area contributed by atoms with Crippen molar-refractivity contribution in [2.75, 3.05) is 4.90 Å². The van der Waals surface area contributed by atoms with Crippen molar-refractivity contribution in [1.82, 2.24) is 0 Å². The quantitative estimate of drug-likeness (QED) is 0.207. The highest BCUT2D eigenvalue weighted by Gasteiger charge is 2.48. The lowest BCUT2D eigenvalue weighted by Crippen LogP contribution is -2.77. The standard InChI is InChI=1S/C42H28BNS2Si/c1-3-14-30(15-4-1)47(31-16-5-2-6-17-31)40-24-11-8-19-34(40)44(35-20-9-12-25-41(35)47)29-26-27-33-39(28-29)46-38-23-13-22-37-42(38)43(33)32-18-7-10-21-36(32)45-37/h1-28H. The van der Waals surface area contributed by atoms with Crippen LogP contribution in [0.5, 0.6) is 0 Å². The van der Waals surface area contributed by atoms with Crippen LogP contribution in [0.15, 0.2) is 189 Å². The van der Waals surface area contributed by atoms with Gasteiger partial charge in [-0.15, -0.1) is 0 Å². The molecule has 0 fully saturated rings. The van der Waals surface area contributed by atoms with Gasteiger partial charge in [0.15, 0.2) is 8.07 Å². The van der Waals surface area contributed by atoms with Gasteiger partial charge in [0.2, 0.25) is 6.71 Å². The Kier molecular flexibility index (Phi) is 6.23. The first kappa shape index (κ1) is 27.4. The van der Waals surface area contributed by atoms with Crippen LogP contribution in [-0.4, -0.2) is 14.8 Å². The van der Waals surface area contributed by atoms with E-state index >= 15 is 0 Å². The van der Waals surface area contributed by atoms with Gasteiger partial charge in [-0.2, -0.15) is 0 Å². The maximum absolute atomic E-state index is 2.63. The third kappa shape index (κ3) is 3.94. The van der Waals surface area contributed by atoms with Gasteiger partial charge in [-0.05, 0) is 68.7 Å². The molecule has 0 radical (unpaired) electrons. The van der Waals surface area contributed by atoms with Gasteiger partial charge in [0.05, 0.1) is 0 Å². The molecule has 0 unspecified atom stereocenters. The van der Waals surface area contributed by atoms with Crippen LogP contribution in [0.2, 0.25) is 0 Å². The molecule has 3 aliphatic heterocycles. The average Bonchev–Trinajstić information content (AvgIpc) is 3.14. The van der Waals surface area contributed by atoms with E-state index < -0.39 is 8.07 Å². The van der Waals surface area contributed by atoms with Crippen molar-refractivity contribution in [3.63, 3.8) is 0 Å². The second-order valence-corrected chi connectivity index (χ2v) is 18.3. The van der Waals surface area contributed by atoms with Gasteiger partial charge in [-0.3, -0.25) is 0 Å². The van der Waals surface area contributed by atoms with Crippen LogP contribution in [-0.2, 0) is 0 Å². The molecule has 0 aliphatic carbocycles. The van der Waals surface area contributed by atoms with E-state index in [1.807, 2.05) is 23.5 Å². The van der Waals surface area contributed by atoms with Crippen LogP contribution in [0.4, 0.5) is 17.1 Å². The number of hydrogen-bond acceptors (Lipinski definition) is 3. The van der Waals surface area contributed by atoms with E-state index in [4.69, 9.17) is 0 Å². The second-order valence-electron chi connectivity index (χ2n) is 12.4. The van der Waals surface area contributed by atoms with Crippen LogP contribution in [0.25, 0.3) is 0 Å². The maximum atomic E-state index is 2.53. The summed E-state index contributed by atoms with van der Waals surface area (Å²) in [6, 6.07) is 63.9. The van der Waals surface area contributed by atoms with Crippen molar-refractivity contribution < 1.29 is 0 Å². The Morgan fingerprint density at radius 3 is 1.60 bits per heavy atom. The molecule has 7 aromatic rings. The number of hydrogen-bond donors (Lipinski definition) is 0. The summed E-state index contributed by atoms with van der Waals surface area (Å²) in [6.45, 7) is 0.251. The predicted octanol–water partition coefficient (Wildman–Crippen LogP) is 6.29. The van der Waals surface area contributed by atoms with Crippen LogP contribution >= 0.6 is 23.5 Å². The summed E-state index contributed by atoms with van der Waals surface area (Å²) in [4.78, 5) is 7.99. The fourth-order valence-corrected chi connectivity index (χ4v) is 15.7. The summed E-state index contributed by atoms with van der Waals surface area (Å²) in [7, 11) is -2.63. The van der Waals surface area contributed by atoms with Gasteiger partial charge < -0.3 is 4.90 Å². The normalized spacial score (nSPS) is 14.7. The molecule has 3 heterocycles. The summed E-state index contributed by atoms with van der Waals surface area (Å²) < 4.78 is 0. The lowest BCUT2D eigenvalue weighted by molar-refractivity contribution is 1.27. The fourth-order valence-electron chi connectivity index (χ4n) is 8.19. The molecule has 47 heavy (non-hydrogen) atoms. The first-order valence-electron chi connectivity index (χ1n) is 16.1. The molecule has 0 bridgehead atoms. The highest BCUT2D eigenvalue weighted by molar-refractivity contribution is 8.01. The largest absolute Gasteiger partial charge is 0.311 e. The van der Waals surface area contributed by atoms with Crippen LogP contribution in [0.1, 0.15) is 0 Å². The van der Waals surface area contributed by atoms with E-state index in [0.717, 1.165) is 0 Å². The average molecular weight is 650 g/mol. The molecule has 0 N–H and O–H groups in total. The van der Waals surface area contributed by atoms with Crippen molar-refractivity contribution in [1.29, 1.82) is 0 Å². The molecular formula is C42H28BNS2Si. The van der Waals surface area contributed by atoms with Gasteiger partial charge in [-0.25, -0.2) is 0 Å². The highest BCUT2D eigenvalue weighted by Crippen LogP contribution is 2.42. The van der Waals surface area contributed by atoms with Gasteiger partial charge in [0, 0.05) is 36.6 Å². The molecule has 0 spiro atoms. The zero-order valence-electron chi connectivity index (χ0n) is 25.5. The summed E-state index contributed by atoms with van der Waals surface area (Å²) in [6.07, 6.45) is 0. The minimum Gasteiger partial charge on any atom is -0.311 e.